The normalized spacial score (nSPS) is 23.3. The molecule has 2 bridgehead atoms. The summed E-state index contributed by atoms with van der Waals surface area (Å²) in [7, 11) is 3.37. The van der Waals surface area contributed by atoms with Crippen LogP contribution in [0.1, 0.15) is 19.3 Å². The standard InChI is InChI=1S/C23H24F2N6O2/c1-31(16-9-15-11-23(24,25)20(10-16)27-15)21-6-5-18(28-29-21)17-4-3-13(7-19(17)32)14-8-22(33-2)30-26-12-14/h3-8,12,15-16,20,27,32H,9-11H2,1-2H3/t15-,16-,20-/m1/s1. The number of piperidine rings is 1. The second kappa shape index (κ2) is 8.18. The third-order valence-electron chi connectivity index (χ3n) is 6.54. The summed E-state index contributed by atoms with van der Waals surface area (Å²) in [5.74, 6) is -1.61. The van der Waals surface area contributed by atoms with Crippen molar-refractivity contribution in [3.8, 4) is 34.0 Å². The van der Waals surface area contributed by atoms with Crippen LogP contribution in [0.15, 0.2) is 42.6 Å². The Hall–Kier alpha value is -3.40. The van der Waals surface area contributed by atoms with Gasteiger partial charge in [-0.25, -0.2) is 8.78 Å². The van der Waals surface area contributed by atoms with Crippen LogP contribution in [0.25, 0.3) is 22.4 Å². The van der Waals surface area contributed by atoms with E-state index < -0.39 is 12.0 Å². The van der Waals surface area contributed by atoms with Gasteiger partial charge in [0.15, 0.2) is 5.82 Å². The quantitative estimate of drug-likeness (QED) is 0.607. The monoisotopic (exact) mass is 454 g/mol. The Morgan fingerprint density at radius 2 is 1.94 bits per heavy atom. The molecule has 33 heavy (non-hydrogen) atoms. The third-order valence-corrected chi connectivity index (χ3v) is 6.54. The number of nitrogens with zero attached hydrogens (tertiary/aromatic N) is 5. The summed E-state index contributed by atoms with van der Waals surface area (Å²) in [5, 5.41) is 30.0. The Labute approximate surface area is 189 Å². The summed E-state index contributed by atoms with van der Waals surface area (Å²) < 4.78 is 33.2. The molecule has 0 spiro atoms. The molecule has 2 aliphatic rings. The van der Waals surface area contributed by atoms with Crippen molar-refractivity contribution in [3.63, 3.8) is 0 Å². The van der Waals surface area contributed by atoms with E-state index >= 15 is 0 Å². The first-order chi connectivity index (χ1) is 15.8. The van der Waals surface area contributed by atoms with Crippen LogP contribution in [0.3, 0.4) is 0 Å². The van der Waals surface area contributed by atoms with E-state index in [4.69, 9.17) is 4.74 Å². The van der Waals surface area contributed by atoms with E-state index in [1.807, 2.05) is 18.0 Å². The molecule has 2 fully saturated rings. The number of aromatic hydroxyl groups is 1. The van der Waals surface area contributed by atoms with E-state index in [0.29, 0.717) is 35.8 Å². The molecule has 5 rings (SSSR count). The number of anilines is 1. The van der Waals surface area contributed by atoms with Crippen molar-refractivity contribution in [2.45, 2.75) is 43.3 Å². The predicted octanol–water partition coefficient (Wildman–Crippen LogP) is 3.28. The number of alkyl halides is 2. The van der Waals surface area contributed by atoms with Crippen LogP contribution in [0, 0.1) is 0 Å². The highest BCUT2D eigenvalue weighted by Gasteiger charge is 2.53. The first kappa shape index (κ1) is 21.4. The molecule has 1 aromatic carbocycles. The minimum Gasteiger partial charge on any atom is -0.507 e. The largest absolute Gasteiger partial charge is 0.507 e. The second-order valence-electron chi connectivity index (χ2n) is 8.61. The number of hydrogen-bond donors (Lipinski definition) is 2. The fourth-order valence-corrected chi connectivity index (χ4v) is 4.72. The number of phenols is 1. The summed E-state index contributed by atoms with van der Waals surface area (Å²) in [6.45, 7) is 0. The zero-order valence-corrected chi connectivity index (χ0v) is 18.2. The number of phenolic OH excluding ortho intramolecular Hbond substituents is 1. The molecule has 3 atom stereocenters. The Bertz CT molecular complexity index is 1160. The van der Waals surface area contributed by atoms with Crippen LogP contribution in [0.4, 0.5) is 14.6 Å². The van der Waals surface area contributed by atoms with Crippen molar-refractivity contribution in [3.05, 3.63) is 42.6 Å². The van der Waals surface area contributed by atoms with E-state index in [1.165, 1.54) is 7.11 Å². The molecule has 0 saturated carbocycles. The summed E-state index contributed by atoms with van der Waals surface area (Å²) in [4.78, 5) is 1.92. The molecule has 0 aliphatic carbocycles. The number of nitrogens with one attached hydrogen (secondary N) is 1. The fraction of sp³-hybridized carbons (Fsp3) is 0.391. The van der Waals surface area contributed by atoms with Gasteiger partial charge in [0, 0.05) is 42.7 Å². The van der Waals surface area contributed by atoms with Gasteiger partial charge >= 0.3 is 0 Å². The summed E-state index contributed by atoms with van der Waals surface area (Å²) >= 11 is 0. The number of hydrogen-bond acceptors (Lipinski definition) is 8. The maximum Gasteiger partial charge on any atom is 0.264 e. The third kappa shape index (κ3) is 4.06. The minimum atomic E-state index is -2.66. The number of halogens is 2. The summed E-state index contributed by atoms with van der Waals surface area (Å²) in [6, 6.07) is 9.53. The molecule has 172 valence electrons. The van der Waals surface area contributed by atoms with Gasteiger partial charge in [0.1, 0.15) is 5.75 Å². The van der Waals surface area contributed by atoms with E-state index in [2.05, 4.69) is 25.7 Å². The van der Waals surface area contributed by atoms with Gasteiger partial charge in [0.05, 0.1) is 25.0 Å². The smallest absolute Gasteiger partial charge is 0.264 e. The van der Waals surface area contributed by atoms with Crippen molar-refractivity contribution >= 4 is 5.82 Å². The maximum atomic E-state index is 14.0. The van der Waals surface area contributed by atoms with Gasteiger partial charge in [-0.3, -0.25) is 0 Å². The Balaban J connectivity index is 1.33. The number of benzene rings is 1. The number of fused-ring (bicyclic) bond motifs is 2. The van der Waals surface area contributed by atoms with E-state index in [0.717, 1.165) is 11.1 Å². The van der Waals surface area contributed by atoms with Gasteiger partial charge in [-0.05, 0) is 42.7 Å². The number of ether oxygens (including phenoxy) is 1. The van der Waals surface area contributed by atoms with Crippen LogP contribution in [-0.4, -0.2) is 63.7 Å². The average molecular weight is 454 g/mol. The molecule has 0 radical (unpaired) electrons. The SMILES string of the molecule is COc1cc(-c2ccc(-c3ccc(N(C)[C@@H]4C[C@@H]5CC(F)(F)[C@@H](C4)N5)nn3)c(O)c2)cnn1. The summed E-state index contributed by atoms with van der Waals surface area (Å²) in [6.07, 6.45) is 2.48. The lowest BCUT2D eigenvalue weighted by atomic mass is 9.98. The molecule has 3 aromatic rings. The number of aromatic nitrogens is 4. The maximum absolute atomic E-state index is 14.0. The zero-order valence-electron chi connectivity index (χ0n) is 18.2. The molecule has 2 aliphatic heterocycles. The molecule has 10 heteroatoms. The van der Waals surface area contributed by atoms with Gasteiger partial charge in [-0.2, -0.15) is 5.10 Å². The first-order valence-electron chi connectivity index (χ1n) is 10.7. The highest BCUT2D eigenvalue weighted by molar-refractivity contribution is 5.74. The zero-order chi connectivity index (χ0) is 23.2. The molecule has 4 heterocycles. The average Bonchev–Trinajstić information content (AvgIpc) is 3.04. The van der Waals surface area contributed by atoms with Gasteiger partial charge in [-0.1, -0.05) is 6.07 Å². The molecule has 2 N–H and O–H groups in total. The number of rotatable bonds is 5. The first-order valence-corrected chi connectivity index (χ1v) is 10.7. The van der Waals surface area contributed by atoms with E-state index in [9.17, 15) is 13.9 Å². The lowest BCUT2D eigenvalue weighted by molar-refractivity contribution is -0.0128. The van der Waals surface area contributed by atoms with Crippen LogP contribution < -0.4 is 15.0 Å². The molecule has 0 unspecified atom stereocenters. The highest BCUT2D eigenvalue weighted by Crippen LogP contribution is 2.41. The minimum absolute atomic E-state index is 0.0339. The van der Waals surface area contributed by atoms with Gasteiger partial charge in [0.25, 0.3) is 5.92 Å². The van der Waals surface area contributed by atoms with Crippen LogP contribution in [-0.2, 0) is 0 Å². The Kier molecular flexibility index (Phi) is 5.32. The molecule has 2 aromatic heterocycles. The predicted molar refractivity (Wildman–Crippen MR) is 118 cm³/mol. The van der Waals surface area contributed by atoms with Crippen LogP contribution >= 0.6 is 0 Å². The van der Waals surface area contributed by atoms with Crippen LogP contribution in [0.5, 0.6) is 11.6 Å². The van der Waals surface area contributed by atoms with Crippen molar-refractivity contribution in [2.24, 2.45) is 0 Å². The molecule has 8 nitrogen and oxygen atoms in total. The second-order valence-corrected chi connectivity index (χ2v) is 8.61. The summed E-state index contributed by atoms with van der Waals surface area (Å²) in [5.41, 5.74) is 2.56. The van der Waals surface area contributed by atoms with Crippen molar-refractivity contribution in [2.75, 3.05) is 19.1 Å². The molecular weight excluding hydrogens is 430 g/mol. The van der Waals surface area contributed by atoms with Gasteiger partial charge in [-0.15, -0.1) is 15.3 Å². The van der Waals surface area contributed by atoms with Crippen molar-refractivity contribution in [1.29, 1.82) is 0 Å². The van der Waals surface area contributed by atoms with Gasteiger partial charge in [0.2, 0.25) is 5.88 Å². The van der Waals surface area contributed by atoms with Crippen molar-refractivity contribution < 1.29 is 18.6 Å². The Morgan fingerprint density at radius 3 is 2.64 bits per heavy atom. The fourth-order valence-electron chi connectivity index (χ4n) is 4.72. The molecule has 2 saturated heterocycles. The topological polar surface area (TPSA) is 96.3 Å². The van der Waals surface area contributed by atoms with E-state index in [-0.39, 0.29) is 24.3 Å². The van der Waals surface area contributed by atoms with Crippen molar-refractivity contribution in [1.82, 2.24) is 25.7 Å². The van der Waals surface area contributed by atoms with E-state index in [1.54, 1.807) is 36.5 Å². The molecule has 0 amide bonds. The lowest BCUT2D eigenvalue weighted by Gasteiger charge is -2.36. The van der Waals surface area contributed by atoms with Gasteiger partial charge < -0.3 is 20.1 Å². The molecular formula is C23H24F2N6O2. The highest BCUT2D eigenvalue weighted by atomic mass is 19.3. The van der Waals surface area contributed by atoms with Crippen LogP contribution in [0.2, 0.25) is 0 Å². The number of methoxy groups -OCH3 is 1. The lowest BCUT2D eigenvalue weighted by Crippen LogP contribution is -2.49. The Morgan fingerprint density at radius 1 is 1.09 bits per heavy atom.